The first-order valence-electron chi connectivity index (χ1n) is 10.2. The summed E-state index contributed by atoms with van der Waals surface area (Å²) < 4.78 is 6.04. The minimum atomic E-state index is -0.501. The van der Waals surface area contributed by atoms with E-state index in [0.29, 0.717) is 17.1 Å². The van der Waals surface area contributed by atoms with E-state index in [-0.39, 0.29) is 23.1 Å². The SMILES string of the molecule is C/C=C(\NNC(=O)c1nnn(-c2nonc2N)c1CSc1ccc(C)cc1)c1ccc(O)cc1. The summed E-state index contributed by atoms with van der Waals surface area (Å²) in [4.78, 5) is 14.1. The molecule has 1 amide bonds. The number of hydrazine groups is 1. The lowest BCUT2D eigenvalue weighted by Gasteiger charge is -2.12. The number of hydrogen-bond acceptors (Lipinski definition) is 10. The van der Waals surface area contributed by atoms with Crippen molar-refractivity contribution in [2.45, 2.75) is 24.5 Å². The second-order valence-corrected chi connectivity index (χ2v) is 8.25. The van der Waals surface area contributed by atoms with Gasteiger partial charge in [0.15, 0.2) is 5.69 Å². The number of carbonyl (C=O) groups is 1. The molecule has 4 rings (SSSR count). The summed E-state index contributed by atoms with van der Waals surface area (Å²) in [6.07, 6.45) is 1.79. The van der Waals surface area contributed by atoms with Crippen molar-refractivity contribution >= 4 is 29.2 Å². The molecule has 0 atom stereocenters. The quantitative estimate of drug-likeness (QED) is 0.219. The zero-order valence-electron chi connectivity index (χ0n) is 18.4. The first-order chi connectivity index (χ1) is 16.5. The van der Waals surface area contributed by atoms with Gasteiger partial charge in [0, 0.05) is 10.6 Å². The number of amides is 1. The van der Waals surface area contributed by atoms with Crippen LogP contribution in [-0.2, 0) is 5.75 Å². The van der Waals surface area contributed by atoms with Crippen LogP contribution in [-0.4, -0.2) is 36.3 Å². The molecule has 2 aromatic heterocycles. The average Bonchev–Trinajstić information content (AvgIpc) is 3.45. The molecule has 0 fully saturated rings. The highest BCUT2D eigenvalue weighted by Gasteiger charge is 2.24. The number of nitrogens with zero attached hydrogens (tertiary/aromatic N) is 5. The van der Waals surface area contributed by atoms with E-state index in [1.807, 2.05) is 38.1 Å². The molecular formula is C22H22N8O3S. The van der Waals surface area contributed by atoms with Crippen molar-refractivity contribution in [1.29, 1.82) is 0 Å². The first kappa shape index (κ1) is 22.9. The van der Waals surface area contributed by atoms with Crippen molar-refractivity contribution < 1.29 is 14.5 Å². The number of anilines is 1. The number of hydrogen-bond donors (Lipinski definition) is 4. The highest BCUT2D eigenvalue weighted by atomic mass is 32.2. The number of nitrogen functional groups attached to an aromatic ring is 1. The molecule has 2 aromatic carbocycles. The molecule has 0 aliphatic rings. The van der Waals surface area contributed by atoms with Crippen LogP contribution in [0.25, 0.3) is 11.5 Å². The van der Waals surface area contributed by atoms with Gasteiger partial charge in [-0.2, -0.15) is 4.68 Å². The Labute approximate surface area is 199 Å². The van der Waals surface area contributed by atoms with Crippen LogP contribution in [0.2, 0.25) is 0 Å². The van der Waals surface area contributed by atoms with Crippen LogP contribution in [0.15, 0.2) is 64.1 Å². The van der Waals surface area contributed by atoms with Gasteiger partial charge >= 0.3 is 0 Å². The lowest BCUT2D eigenvalue weighted by molar-refractivity contribution is 0.0936. The van der Waals surface area contributed by atoms with Crippen LogP contribution >= 0.6 is 11.8 Å². The largest absolute Gasteiger partial charge is 0.508 e. The number of aromatic nitrogens is 5. The van der Waals surface area contributed by atoms with Crippen molar-refractivity contribution in [3.63, 3.8) is 0 Å². The van der Waals surface area contributed by atoms with Crippen LogP contribution in [0.3, 0.4) is 0 Å². The minimum Gasteiger partial charge on any atom is -0.508 e. The third-order valence-electron chi connectivity index (χ3n) is 4.85. The number of aryl methyl sites for hydroxylation is 1. The van der Waals surface area contributed by atoms with Crippen molar-refractivity contribution in [2.24, 2.45) is 0 Å². The molecule has 4 aromatic rings. The van der Waals surface area contributed by atoms with Crippen LogP contribution in [0.4, 0.5) is 5.82 Å². The summed E-state index contributed by atoms with van der Waals surface area (Å²) in [6.45, 7) is 3.84. The molecule has 5 N–H and O–H groups in total. The lowest BCUT2D eigenvalue weighted by Crippen LogP contribution is -2.36. The number of nitrogens with two attached hydrogens (primary N) is 1. The Hall–Kier alpha value is -4.32. The zero-order chi connectivity index (χ0) is 24.1. The summed E-state index contributed by atoms with van der Waals surface area (Å²) >= 11 is 1.51. The number of carbonyl (C=O) groups excluding carboxylic acids is 1. The molecule has 0 saturated carbocycles. The van der Waals surface area contributed by atoms with Crippen molar-refractivity contribution in [3.8, 4) is 11.6 Å². The van der Waals surface area contributed by atoms with Gasteiger partial charge in [-0.3, -0.25) is 15.6 Å². The summed E-state index contributed by atoms with van der Waals surface area (Å²) in [5, 5.41) is 25.0. The minimum absolute atomic E-state index is 0.0279. The second-order valence-electron chi connectivity index (χ2n) is 7.20. The molecule has 2 heterocycles. The Bertz CT molecular complexity index is 1310. The summed E-state index contributed by atoms with van der Waals surface area (Å²) in [5.74, 6) is 0.188. The number of aromatic hydroxyl groups is 1. The maximum Gasteiger partial charge on any atom is 0.292 e. The van der Waals surface area contributed by atoms with Gasteiger partial charge in [0.05, 0.1) is 11.4 Å². The third kappa shape index (κ3) is 5.02. The molecule has 0 aliphatic heterocycles. The average molecular weight is 479 g/mol. The van der Waals surface area contributed by atoms with Crippen LogP contribution in [0.5, 0.6) is 5.75 Å². The molecule has 0 unspecified atom stereocenters. The molecule has 12 heteroatoms. The van der Waals surface area contributed by atoms with Crippen LogP contribution in [0.1, 0.15) is 34.2 Å². The van der Waals surface area contributed by atoms with E-state index >= 15 is 0 Å². The predicted molar refractivity (Wildman–Crippen MR) is 127 cm³/mol. The first-order valence-corrected chi connectivity index (χ1v) is 11.2. The van der Waals surface area contributed by atoms with Gasteiger partial charge in [0.25, 0.3) is 5.91 Å². The molecule has 0 bridgehead atoms. The standard InChI is InChI=1S/C22H22N8O3S/c1-3-17(14-6-8-15(31)9-7-14)24-26-22(32)19-18(12-34-16-10-4-13(2)5-11-16)30(29-25-19)21-20(23)27-33-28-21/h3-11,24,31H,12H2,1-2H3,(H2,23,27)(H,26,32)/b17-3-. The normalized spacial score (nSPS) is 11.4. The number of thioether (sulfide) groups is 1. The van der Waals surface area contributed by atoms with E-state index in [4.69, 9.17) is 10.4 Å². The summed E-state index contributed by atoms with van der Waals surface area (Å²) in [7, 11) is 0. The fourth-order valence-electron chi connectivity index (χ4n) is 3.04. The van der Waals surface area contributed by atoms with Gasteiger partial charge < -0.3 is 10.8 Å². The maximum absolute atomic E-state index is 13.0. The summed E-state index contributed by atoms with van der Waals surface area (Å²) in [6, 6.07) is 14.6. The molecule has 0 radical (unpaired) electrons. The molecule has 0 spiro atoms. The smallest absolute Gasteiger partial charge is 0.292 e. The Morgan fingerprint density at radius 2 is 1.88 bits per heavy atom. The molecule has 0 aliphatic carbocycles. The van der Waals surface area contributed by atoms with Crippen LogP contribution < -0.4 is 16.6 Å². The molecule has 0 saturated heterocycles. The molecule has 174 valence electrons. The monoisotopic (exact) mass is 478 g/mol. The van der Waals surface area contributed by atoms with Crippen molar-refractivity contribution in [1.82, 2.24) is 36.2 Å². The van der Waals surface area contributed by atoms with E-state index in [9.17, 15) is 9.90 Å². The van der Waals surface area contributed by atoms with Gasteiger partial charge in [0.2, 0.25) is 11.6 Å². The summed E-state index contributed by atoms with van der Waals surface area (Å²) in [5.41, 5.74) is 14.5. The number of phenols is 1. The number of benzene rings is 2. The highest BCUT2D eigenvalue weighted by Crippen LogP contribution is 2.26. The van der Waals surface area contributed by atoms with E-state index in [1.165, 1.54) is 16.4 Å². The van der Waals surface area contributed by atoms with Gasteiger partial charge in [0.1, 0.15) is 5.75 Å². The van der Waals surface area contributed by atoms with Gasteiger partial charge in [-0.25, -0.2) is 4.63 Å². The maximum atomic E-state index is 13.0. The van der Waals surface area contributed by atoms with Gasteiger partial charge in [-0.1, -0.05) is 29.0 Å². The third-order valence-corrected chi connectivity index (χ3v) is 5.87. The van der Waals surface area contributed by atoms with Crippen molar-refractivity contribution in [2.75, 3.05) is 5.73 Å². The van der Waals surface area contributed by atoms with E-state index in [0.717, 1.165) is 16.0 Å². The zero-order valence-corrected chi connectivity index (χ0v) is 19.2. The Morgan fingerprint density at radius 1 is 1.15 bits per heavy atom. The predicted octanol–water partition coefficient (Wildman–Crippen LogP) is 2.83. The Morgan fingerprint density at radius 3 is 2.53 bits per heavy atom. The highest BCUT2D eigenvalue weighted by molar-refractivity contribution is 7.98. The number of nitrogens with one attached hydrogen (secondary N) is 2. The fraction of sp³-hybridized carbons (Fsp3) is 0.136. The molecular weight excluding hydrogens is 456 g/mol. The number of rotatable bonds is 8. The number of allylic oxidation sites excluding steroid dienone is 1. The van der Waals surface area contributed by atoms with E-state index < -0.39 is 5.91 Å². The van der Waals surface area contributed by atoms with Crippen molar-refractivity contribution in [3.05, 3.63) is 77.1 Å². The van der Waals surface area contributed by atoms with E-state index in [2.05, 4.69) is 31.5 Å². The van der Waals surface area contributed by atoms with Gasteiger partial charge in [-0.15, -0.1) is 16.9 Å². The Balaban J connectivity index is 1.56. The second kappa shape index (κ2) is 10.1. The molecule has 34 heavy (non-hydrogen) atoms. The topological polar surface area (TPSA) is 157 Å². The number of phenolic OH excluding ortho intramolecular Hbond substituents is 1. The van der Waals surface area contributed by atoms with E-state index in [1.54, 1.807) is 30.3 Å². The molecule has 11 nitrogen and oxygen atoms in total. The fourth-order valence-corrected chi connectivity index (χ4v) is 3.93. The Kier molecular flexibility index (Phi) is 6.78. The van der Waals surface area contributed by atoms with Gasteiger partial charge in [-0.05, 0) is 66.1 Å². The lowest BCUT2D eigenvalue weighted by atomic mass is 10.1. The van der Waals surface area contributed by atoms with Crippen LogP contribution in [0, 0.1) is 6.92 Å².